The molecule has 118 valence electrons. The number of nitrogens with one attached hydrogen (secondary N) is 1. The Labute approximate surface area is 132 Å². The van der Waals surface area contributed by atoms with Gasteiger partial charge in [-0.3, -0.25) is 0 Å². The van der Waals surface area contributed by atoms with Gasteiger partial charge in [-0.05, 0) is 18.7 Å². The maximum atomic E-state index is 12.0. The molecule has 0 aliphatic heterocycles. The van der Waals surface area contributed by atoms with Gasteiger partial charge in [0.25, 0.3) is 0 Å². The van der Waals surface area contributed by atoms with Gasteiger partial charge in [0.05, 0.1) is 5.75 Å². The maximum Gasteiger partial charge on any atom is 0.215 e. The van der Waals surface area contributed by atoms with Crippen LogP contribution >= 0.6 is 12.2 Å². The Morgan fingerprint density at radius 1 is 1.24 bits per heavy atom. The van der Waals surface area contributed by atoms with E-state index in [1.165, 1.54) is 0 Å². The smallest absolute Gasteiger partial charge is 0.215 e. The van der Waals surface area contributed by atoms with Gasteiger partial charge in [0, 0.05) is 18.7 Å². The van der Waals surface area contributed by atoms with Gasteiger partial charge in [-0.15, -0.1) is 0 Å². The van der Waals surface area contributed by atoms with Gasteiger partial charge < -0.3 is 10.6 Å². The van der Waals surface area contributed by atoms with Crippen LogP contribution in [0.4, 0.5) is 0 Å². The first kappa shape index (κ1) is 18.0. The van der Waals surface area contributed by atoms with Gasteiger partial charge in [0.2, 0.25) is 10.0 Å². The summed E-state index contributed by atoms with van der Waals surface area (Å²) in [6.45, 7) is 7.09. The van der Waals surface area contributed by atoms with Gasteiger partial charge in [0.15, 0.2) is 0 Å². The number of nitrogens with zero attached hydrogens (tertiary/aromatic N) is 1. The summed E-state index contributed by atoms with van der Waals surface area (Å²) in [5.41, 5.74) is 6.96. The van der Waals surface area contributed by atoms with Crippen LogP contribution in [0.15, 0.2) is 24.3 Å². The third-order valence-corrected chi connectivity index (χ3v) is 4.83. The Balaban J connectivity index is 2.54. The Kier molecular flexibility index (Phi) is 7.24. The number of benzene rings is 1. The van der Waals surface area contributed by atoms with Crippen molar-refractivity contribution in [2.24, 2.45) is 5.73 Å². The predicted molar refractivity (Wildman–Crippen MR) is 90.7 cm³/mol. The average molecular weight is 329 g/mol. The summed E-state index contributed by atoms with van der Waals surface area (Å²) in [4.78, 5) is 2.47. The van der Waals surface area contributed by atoms with Gasteiger partial charge >= 0.3 is 0 Å². The second kappa shape index (κ2) is 8.43. The molecular formula is C14H23N3O2S2. The Bertz CT molecular complexity index is 552. The quantitative estimate of drug-likeness (QED) is 0.663. The third-order valence-electron chi connectivity index (χ3n) is 3.24. The molecule has 0 aliphatic carbocycles. The average Bonchev–Trinajstić information content (AvgIpc) is 2.43. The molecule has 0 heterocycles. The summed E-state index contributed by atoms with van der Waals surface area (Å²) in [6.07, 6.45) is 0. The van der Waals surface area contributed by atoms with Crippen molar-refractivity contribution >= 4 is 27.2 Å². The number of thiocarbonyl (C=S) groups is 1. The lowest BCUT2D eigenvalue weighted by Gasteiger charge is -2.18. The monoisotopic (exact) mass is 329 g/mol. The number of hydrogen-bond acceptors (Lipinski definition) is 4. The van der Waals surface area contributed by atoms with Crippen LogP contribution in [0.1, 0.15) is 25.0 Å². The molecule has 0 atom stereocenters. The van der Waals surface area contributed by atoms with Crippen molar-refractivity contribution in [1.82, 2.24) is 9.62 Å². The maximum absolute atomic E-state index is 12.0. The summed E-state index contributed by atoms with van der Waals surface area (Å²) < 4.78 is 26.6. The van der Waals surface area contributed by atoms with E-state index in [4.69, 9.17) is 18.0 Å². The highest BCUT2D eigenvalue weighted by atomic mass is 32.2. The minimum absolute atomic E-state index is 0.0388. The molecule has 0 spiro atoms. The van der Waals surface area contributed by atoms with E-state index < -0.39 is 10.0 Å². The normalized spacial score (nSPS) is 11.8. The van der Waals surface area contributed by atoms with Crippen molar-refractivity contribution in [3.8, 4) is 0 Å². The van der Waals surface area contributed by atoms with Crippen LogP contribution in [0.3, 0.4) is 0 Å². The number of nitrogens with two attached hydrogens (primary N) is 1. The molecule has 1 rings (SSSR count). The Hall–Kier alpha value is -1.02. The van der Waals surface area contributed by atoms with Gasteiger partial charge in [0.1, 0.15) is 4.99 Å². The standard InChI is InChI=1S/C14H23N3O2S2/c1-3-17(4-2)10-9-16-21(18,19)11-12-5-7-13(8-6-12)14(15)20/h5-8,16H,3-4,9-11H2,1-2H3,(H2,15,20). The number of rotatable bonds is 9. The van der Waals surface area contributed by atoms with E-state index >= 15 is 0 Å². The molecule has 0 saturated carbocycles. The van der Waals surface area contributed by atoms with E-state index in [-0.39, 0.29) is 5.75 Å². The Morgan fingerprint density at radius 2 is 1.81 bits per heavy atom. The fourth-order valence-electron chi connectivity index (χ4n) is 1.93. The highest BCUT2D eigenvalue weighted by Crippen LogP contribution is 2.07. The molecule has 5 nitrogen and oxygen atoms in total. The van der Waals surface area contributed by atoms with Gasteiger partial charge in [-0.2, -0.15) is 0 Å². The van der Waals surface area contributed by atoms with Crippen LogP contribution in [0.25, 0.3) is 0 Å². The summed E-state index contributed by atoms with van der Waals surface area (Å²) >= 11 is 4.86. The van der Waals surface area contributed by atoms with Crippen LogP contribution in [-0.2, 0) is 15.8 Å². The van der Waals surface area contributed by atoms with Crippen molar-refractivity contribution in [3.05, 3.63) is 35.4 Å². The molecule has 1 aromatic rings. The van der Waals surface area contributed by atoms with Crippen molar-refractivity contribution in [2.75, 3.05) is 26.2 Å². The molecule has 7 heteroatoms. The molecule has 21 heavy (non-hydrogen) atoms. The summed E-state index contributed by atoms with van der Waals surface area (Å²) in [5, 5.41) is 0. The third kappa shape index (κ3) is 6.52. The van der Waals surface area contributed by atoms with Crippen LogP contribution in [-0.4, -0.2) is 44.5 Å². The van der Waals surface area contributed by atoms with Crippen LogP contribution in [0.5, 0.6) is 0 Å². The highest BCUT2D eigenvalue weighted by Gasteiger charge is 2.11. The number of likely N-dealkylation sites (N-methyl/N-ethyl adjacent to an activating group) is 1. The predicted octanol–water partition coefficient (Wildman–Crippen LogP) is 1.08. The molecule has 0 saturated heterocycles. The van der Waals surface area contributed by atoms with E-state index in [1.54, 1.807) is 24.3 Å². The lowest BCUT2D eigenvalue weighted by atomic mass is 10.1. The SMILES string of the molecule is CCN(CC)CCNS(=O)(=O)Cc1ccc(C(N)=S)cc1. The first-order valence-electron chi connectivity index (χ1n) is 6.96. The van der Waals surface area contributed by atoms with E-state index in [2.05, 4.69) is 23.5 Å². The Morgan fingerprint density at radius 3 is 2.29 bits per heavy atom. The number of sulfonamides is 1. The zero-order valence-corrected chi connectivity index (χ0v) is 14.1. The first-order chi connectivity index (χ1) is 9.88. The van der Waals surface area contributed by atoms with Gasteiger partial charge in [-0.25, -0.2) is 13.1 Å². The molecule has 0 bridgehead atoms. The molecule has 3 N–H and O–H groups in total. The highest BCUT2D eigenvalue weighted by molar-refractivity contribution is 7.88. The number of hydrogen-bond donors (Lipinski definition) is 2. The van der Waals surface area contributed by atoms with Crippen molar-refractivity contribution in [1.29, 1.82) is 0 Å². The van der Waals surface area contributed by atoms with Crippen molar-refractivity contribution < 1.29 is 8.42 Å². The largest absolute Gasteiger partial charge is 0.389 e. The van der Waals surface area contributed by atoms with Crippen LogP contribution < -0.4 is 10.5 Å². The van der Waals surface area contributed by atoms with E-state index in [9.17, 15) is 8.42 Å². The van der Waals surface area contributed by atoms with Crippen LogP contribution in [0, 0.1) is 0 Å². The lowest BCUT2D eigenvalue weighted by molar-refractivity contribution is 0.309. The minimum atomic E-state index is -3.32. The van der Waals surface area contributed by atoms with E-state index in [1.807, 2.05) is 0 Å². The van der Waals surface area contributed by atoms with E-state index in [0.29, 0.717) is 23.6 Å². The first-order valence-corrected chi connectivity index (χ1v) is 9.02. The molecule has 0 unspecified atom stereocenters. The molecule has 0 fully saturated rings. The van der Waals surface area contributed by atoms with Gasteiger partial charge in [-0.1, -0.05) is 50.3 Å². The van der Waals surface area contributed by atoms with E-state index in [0.717, 1.165) is 18.7 Å². The molecule has 0 aliphatic rings. The zero-order valence-electron chi connectivity index (χ0n) is 12.5. The molecule has 0 amide bonds. The minimum Gasteiger partial charge on any atom is -0.389 e. The van der Waals surface area contributed by atoms with Crippen molar-refractivity contribution in [3.63, 3.8) is 0 Å². The molecule has 0 aromatic heterocycles. The molecular weight excluding hydrogens is 306 g/mol. The molecule has 0 radical (unpaired) electrons. The second-order valence-electron chi connectivity index (χ2n) is 4.74. The second-order valence-corrected chi connectivity index (χ2v) is 6.99. The lowest BCUT2D eigenvalue weighted by Crippen LogP contribution is -2.35. The molecule has 1 aromatic carbocycles. The topological polar surface area (TPSA) is 75.4 Å². The summed E-state index contributed by atoms with van der Waals surface area (Å²) in [5.74, 6) is -0.0388. The fourth-order valence-corrected chi connectivity index (χ4v) is 3.21. The fraction of sp³-hybridized carbons (Fsp3) is 0.500. The summed E-state index contributed by atoms with van der Waals surface area (Å²) in [6, 6.07) is 6.95. The summed E-state index contributed by atoms with van der Waals surface area (Å²) in [7, 11) is -3.32. The van der Waals surface area contributed by atoms with Crippen molar-refractivity contribution in [2.45, 2.75) is 19.6 Å². The van der Waals surface area contributed by atoms with Crippen LogP contribution in [0.2, 0.25) is 0 Å². The zero-order chi connectivity index (χ0) is 15.9.